The van der Waals surface area contributed by atoms with E-state index < -0.39 is 0 Å². The molecule has 0 saturated carbocycles. The number of benzene rings is 1. The fourth-order valence-electron chi connectivity index (χ4n) is 3.67. The van der Waals surface area contributed by atoms with E-state index in [-0.39, 0.29) is 0 Å². The van der Waals surface area contributed by atoms with E-state index in [1.807, 2.05) is 48.3 Å². The van der Waals surface area contributed by atoms with Crippen molar-refractivity contribution in [2.24, 2.45) is 0 Å². The summed E-state index contributed by atoms with van der Waals surface area (Å²) in [6, 6.07) is 13.3. The Balaban J connectivity index is 1.58. The minimum atomic E-state index is 0.541. The molecule has 0 saturated heterocycles. The molecule has 0 aliphatic carbocycles. The molecule has 29 heavy (non-hydrogen) atoms. The van der Waals surface area contributed by atoms with Gasteiger partial charge in [-0.2, -0.15) is 10.4 Å². The predicted octanol–water partition coefficient (Wildman–Crippen LogP) is 3.98. The van der Waals surface area contributed by atoms with Gasteiger partial charge in [0, 0.05) is 42.5 Å². The molecule has 142 valence electrons. The second-order valence-corrected chi connectivity index (χ2v) is 7.24. The van der Waals surface area contributed by atoms with E-state index in [0.29, 0.717) is 10.6 Å². The Kier molecular flexibility index (Phi) is 4.07. The summed E-state index contributed by atoms with van der Waals surface area (Å²) in [5.74, 6) is 1.63. The van der Waals surface area contributed by atoms with Crippen LogP contribution in [0.2, 0.25) is 5.02 Å². The smallest absolute Gasteiger partial charge is 0.175 e. The molecule has 0 amide bonds. The van der Waals surface area contributed by atoms with Gasteiger partial charge in [-0.05, 0) is 43.7 Å². The lowest BCUT2D eigenvalue weighted by molar-refractivity contribution is 0.788. The number of pyridine rings is 1. The van der Waals surface area contributed by atoms with Crippen molar-refractivity contribution < 1.29 is 0 Å². The average Bonchev–Trinajstić information content (AvgIpc) is 3.47. The van der Waals surface area contributed by atoms with Crippen molar-refractivity contribution >= 4 is 23.1 Å². The first-order chi connectivity index (χ1) is 14.1. The number of nitrogens with zero attached hydrogens (tertiary/aromatic N) is 7. The van der Waals surface area contributed by atoms with Crippen LogP contribution in [0.3, 0.4) is 0 Å². The van der Waals surface area contributed by atoms with Crippen molar-refractivity contribution in [2.45, 2.75) is 13.3 Å². The number of aromatic nitrogens is 5. The summed E-state index contributed by atoms with van der Waals surface area (Å²) >= 11 is 6.46. The summed E-state index contributed by atoms with van der Waals surface area (Å²) in [4.78, 5) is 6.89. The SMILES string of the molecule is Cc1cc(-n2ccc(-n3cccn3)n2)c2c(n1)N(c1ccc(C#N)cc1Cl)CC2. The highest BCUT2D eigenvalue weighted by Crippen LogP contribution is 2.39. The van der Waals surface area contributed by atoms with Gasteiger partial charge < -0.3 is 4.90 Å². The van der Waals surface area contributed by atoms with Crippen LogP contribution in [0.1, 0.15) is 16.8 Å². The number of rotatable bonds is 3. The maximum absolute atomic E-state index is 9.09. The highest BCUT2D eigenvalue weighted by atomic mass is 35.5. The van der Waals surface area contributed by atoms with Crippen molar-refractivity contribution in [2.75, 3.05) is 11.4 Å². The third kappa shape index (κ3) is 2.94. The minimum absolute atomic E-state index is 0.541. The molecular formula is C21H16ClN7. The van der Waals surface area contributed by atoms with Gasteiger partial charge >= 0.3 is 0 Å². The third-order valence-corrected chi connectivity index (χ3v) is 5.28. The minimum Gasteiger partial charge on any atom is -0.324 e. The van der Waals surface area contributed by atoms with Crippen LogP contribution in [-0.4, -0.2) is 31.1 Å². The quantitative estimate of drug-likeness (QED) is 0.519. The number of anilines is 2. The standard InChI is InChI=1S/C21H16ClN7/c1-14-11-19(28-10-6-20(26-28)29-8-2-7-24-29)16-5-9-27(21(16)25-14)18-4-3-15(13-23)12-17(18)22/h2-4,6-8,10-12H,5,9H2,1H3. The first-order valence-corrected chi connectivity index (χ1v) is 9.55. The zero-order valence-electron chi connectivity index (χ0n) is 15.6. The Bertz CT molecular complexity index is 1250. The lowest BCUT2D eigenvalue weighted by Crippen LogP contribution is -2.15. The number of halogens is 1. The Morgan fingerprint density at radius 3 is 2.76 bits per heavy atom. The first-order valence-electron chi connectivity index (χ1n) is 9.18. The van der Waals surface area contributed by atoms with Crippen LogP contribution >= 0.6 is 11.6 Å². The molecule has 8 heteroatoms. The second kappa shape index (κ2) is 6.76. The van der Waals surface area contributed by atoms with Crippen LogP contribution in [0, 0.1) is 18.3 Å². The maximum Gasteiger partial charge on any atom is 0.175 e. The van der Waals surface area contributed by atoms with Gasteiger partial charge in [-0.3, -0.25) is 0 Å². The zero-order valence-corrected chi connectivity index (χ0v) is 16.4. The topological polar surface area (TPSA) is 75.6 Å². The summed E-state index contributed by atoms with van der Waals surface area (Å²) in [6.07, 6.45) is 6.35. The molecule has 0 atom stereocenters. The lowest BCUT2D eigenvalue weighted by atomic mass is 10.1. The monoisotopic (exact) mass is 401 g/mol. The Morgan fingerprint density at radius 1 is 1.10 bits per heavy atom. The first kappa shape index (κ1) is 17.5. The second-order valence-electron chi connectivity index (χ2n) is 6.83. The molecule has 4 heterocycles. The van der Waals surface area contributed by atoms with E-state index >= 15 is 0 Å². The van der Waals surface area contributed by atoms with Crippen LogP contribution < -0.4 is 4.90 Å². The van der Waals surface area contributed by atoms with Crippen LogP contribution in [0.4, 0.5) is 11.5 Å². The molecule has 7 nitrogen and oxygen atoms in total. The van der Waals surface area contributed by atoms with Crippen molar-refractivity contribution in [3.8, 4) is 17.6 Å². The van der Waals surface area contributed by atoms with Crippen LogP contribution in [0.25, 0.3) is 11.5 Å². The molecule has 5 rings (SSSR count). The Hall–Kier alpha value is -3.63. The van der Waals surface area contributed by atoms with E-state index in [0.717, 1.165) is 47.2 Å². The van der Waals surface area contributed by atoms with Crippen LogP contribution in [0.5, 0.6) is 0 Å². The average molecular weight is 402 g/mol. The van der Waals surface area contributed by atoms with Crippen molar-refractivity contribution in [3.63, 3.8) is 0 Å². The molecule has 0 bridgehead atoms. The molecule has 0 radical (unpaired) electrons. The predicted molar refractivity (Wildman–Crippen MR) is 110 cm³/mol. The van der Waals surface area contributed by atoms with Crippen molar-refractivity contribution in [3.05, 3.63) is 76.8 Å². The molecular weight excluding hydrogens is 386 g/mol. The summed E-state index contributed by atoms with van der Waals surface area (Å²) in [6.45, 7) is 2.73. The maximum atomic E-state index is 9.09. The summed E-state index contributed by atoms with van der Waals surface area (Å²) < 4.78 is 3.60. The Morgan fingerprint density at radius 2 is 2.00 bits per heavy atom. The molecule has 0 spiro atoms. The van der Waals surface area contributed by atoms with Gasteiger partial charge in [-0.1, -0.05) is 11.6 Å². The number of nitriles is 1. The largest absolute Gasteiger partial charge is 0.324 e. The van der Waals surface area contributed by atoms with Gasteiger partial charge in [-0.25, -0.2) is 14.3 Å². The molecule has 3 aromatic heterocycles. The van der Waals surface area contributed by atoms with E-state index in [4.69, 9.17) is 21.8 Å². The molecule has 4 aromatic rings. The normalized spacial score (nSPS) is 12.8. The Labute approximate surface area is 172 Å². The van der Waals surface area contributed by atoms with Gasteiger partial charge in [0.1, 0.15) is 5.82 Å². The van der Waals surface area contributed by atoms with E-state index in [1.54, 1.807) is 23.0 Å². The molecule has 0 N–H and O–H groups in total. The highest BCUT2D eigenvalue weighted by Gasteiger charge is 2.27. The molecule has 1 aromatic carbocycles. The molecule has 0 unspecified atom stereocenters. The number of aryl methyl sites for hydroxylation is 1. The summed E-state index contributed by atoms with van der Waals surface area (Å²) in [5, 5.41) is 18.6. The van der Waals surface area contributed by atoms with Gasteiger partial charge in [-0.15, -0.1) is 5.10 Å². The number of hydrogen-bond donors (Lipinski definition) is 0. The zero-order chi connectivity index (χ0) is 20.0. The lowest BCUT2D eigenvalue weighted by Gasteiger charge is -2.21. The fraction of sp³-hybridized carbons (Fsp3) is 0.143. The third-order valence-electron chi connectivity index (χ3n) is 4.98. The van der Waals surface area contributed by atoms with Crippen LogP contribution in [-0.2, 0) is 6.42 Å². The van der Waals surface area contributed by atoms with E-state index in [1.165, 1.54) is 0 Å². The molecule has 1 aliphatic rings. The number of hydrogen-bond acceptors (Lipinski definition) is 5. The van der Waals surface area contributed by atoms with E-state index in [2.05, 4.69) is 21.2 Å². The van der Waals surface area contributed by atoms with Gasteiger partial charge in [0.2, 0.25) is 0 Å². The highest BCUT2D eigenvalue weighted by molar-refractivity contribution is 6.33. The van der Waals surface area contributed by atoms with Crippen molar-refractivity contribution in [1.82, 2.24) is 24.5 Å². The molecule has 1 aliphatic heterocycles. The van der Waals surface area contributed by atoms with Gasteiger partial charge in [0.15, 0.2) is 5.82 Å². The van der Waals surface area contributed by atoms with Crippen molar-refractivity contribution in [1.29, 1.82) is 5.26 Å². The fourth-order valence-corrected chi connectivity index (χ4v) is 3.95. The van der Waals surface area contributed by atoms with E-state index in [9.17, 15) is 0 Å². The molecule has 0 fully saturated rings. The summed E-state index contributed by atoms with van der Waals surface area (Å²) in [5.41, 5.74) is 4.40. The summed E-state index contributed by atoms with van der Waals surface area (Å²) in [7, 11) is 0. The van der Waals surface area contributed by atoms with Gasteiger partial charge in [0.05, 0.1) is 28.0 Å². The van der Waals surface area contributed by atoms with Crippen LogP contribution in [0.15, 0.2) is 55.0 Å². The van der Waals surface area contributed by atoms with Gasteiger partial charge in [0.25, 0.3) is 0 Å². The number of fused-ring (bicyclic) bond motifs is 1.